The number of carbonyl (C=O) groups is 2. The minimum Gasteiger partial charge on any atom is -0.480 e. The number of morpholine rings is 1. The minimum atomic E-state index is -1.04. The van der Waals surface area contributed by atoms with E-state index in [1.807, 2.05) is 62.4 Å². The number of hydrogen-bond acceptors (Lipinski definition) is 3. The Morgan fingerprint density at radius 2 is 1.86 bits per heavy atom. The quantitative estimate of drug-likeness (QED) is 0.741. The second-order valence-electron chi connectivity index (χ2n) is 7.60. The van der Waals surface area contributed by atoms with Gasteiger partial charge in [0.05, 0.1) is 6.04 Å². The average Bonchev–Trinajstić information content (AvgIpc) is 2.69. The Labute approximate surface area is 171 Å². The number of carboxylic acid groups (broad SMARTS) is 1. The van der Waals surface area contributed by atoms with Gasteiger partial charge in [-0.3, -0.25) is 4.79 Å². The summed E-state index contributed by atoms with van der Waals surface area (Å²) in [5, 5.41) is 9.72. The lowest BCUT2D eigenvalue weighted by Crippen LogP contribution is -2.55. The molecule has 4 atom stereocenters. The predicted molar refractivity (Wildman–Crippen MR) is 111 cm³/mol. The van der Waals surface area contributed by atoms with Crippen LogP contribution in [0.2, 0.25) is 0 Å². The first-order chi connectivity index (χ1) is 13.8. The number of ether oxygens (including phenoxy) is 1. The van der Waals surface area contributed by atoms with Gasteiger partial charge in [0, 0.05) is 6.42 Å². The summed E-state index contributed by atoms with van der Waals surface area (Å²) in [5.74, 6) is -1.37. The number of amides is 1. The Morgan fingerprint density at radius 3 is 2.45 bits per heavy atom. The van der Waals surface area contributed by atoms with E-state index in [1.54, 1.807) is 13.0 Å². The van der Waals surface area contributed by atoms with Crippen LogP contribution in [0.4, 0.5) is 0 Å². The van der Waals surface area contributed by atoms with Gasteiger partial charge in [-0.1, -0.05) is 65.7 Å². The van der Waals surface area contributed by atoms with E-state index in [4.69, 9.17) is 4.74 Å². The van der Waals surface area contributed by atoms with Gasteiger partial charge in [0.2, 0.25) is 0 Å². The molecule has 0 saturated carbocycles. The SMILES string of the molecule is C=CC[C@H]1O[C@H](c2cccc(C)c2)[C@H](c2ccc(C)cc2)N([C@H](C)C(=O)O)C1=O. The van der Waals surface area contributed by atoms with Gasteiger partial charge in [-0.15, -0.1) is 6.58 Å². The molecule has 1 heterocycles. The maximum Gasteiger partial charge on any atom is 0.326 e. The lowest BCUT2D eigenvalue weighted by molar-refractivity contribution is -0.183. The molecule has 1 aliphatic heterocycles. The summed E-state index contributed by atoms with van der Waals surface area (Å²) in [7, 11) is 0. The topological polar surface area (TPSA) is 66.8 Å². The Bertz CT molecular complexity index is 905. The van der Waals surface area contributed by atoms with E-state index in [0.717, 1.165) is 22.3 Å². The molecule has 0 aliphatic carbocycles. The molecule has 5 nitrogen and oxygen atoms in total. The number of carbonyl (C=O) groups excluding carboxylic acids is 1. The Balaban J connectivity index is 2.17. The van der Waals surface area contributed by atoms with Crippen molar-refractivity contribution in [1.82, 2.24) is 4.90 Å². The molecule has 1 N–H and O–H groups in total. The van der Waals surface area contributed by atoms with E-state index in [2.05, 4.69) is 6.58 Å². The van der Waals surface area contributed by atoms with Crippen LogP contribution in [0.1, 0.15) is 47.7 Å². The van der Waals surface area contributed by atoms with E-state index >= 15 is 0 Å². The summed E-state index contributed by atoms with van der Waals surface area (Å²) in [4.78, 5) is 26.6. The molecule has 1 aliphatic rings. The first-order valence-corrected chi connectivity index (χ1v) is 9.78. The Morgan fingerprint density at radius 1 is 1.17 bits per heavy atom. The molecule has 152 valence electrons. The summed E-state index contributed by atoms with van der Waals surface area (Å²) < 4.78 is 6.28. The standard InChI is InChI=1S/C24H27NO4/c1-5-7-20-23(26)25(17(4)24(27)28)21(18-12-10-15(2)11-13-18)22(29-20)19-9-6-8-16(3)14-19/h5-6,8-14,17,20-22H,1,7H2,2-4H3,(H,27,28)/t17-,20-,21+,22-/m1/s1. The molecule has 3 rings (SSSR count). The molecular formula is C24H27NO4. The van der Waals surface area contributed by atoms with Gasteiger partial charge in [0.25, 0.3) is 5.91 Å². The molecule has 2 aromatic rings. The Kier molecular flexibility index (Phi) is 6.18. The maximum absolute atomic E-state index is 13.2. The second-order valence-corrected chi connectivity index (χ2v) is 7.60. The van der Waals surface area contributed by atoms with Crippen molar-refractivity contribution in [2.75, 3.05) is 0 Å². The van der Waals surface area contributed by atoms with Crippen LogP contribution in [-0.4, -0.2) is 34.0 Å². The summed E-state index contributed by atoms with van der Waals surface area (Å²) in [6.07, 6.45) is 0.708. The molecule has 0 bridgehead atoms. The van der Waals surface area contributed by atoms with E-state index < -0.39 is 30.3 Å². The summed E-state index contributed by atoms with van der Waals surface area (Å²) in [6.45, 7) is 9.26. The van der Waals surface area contributed by atoms with Gasteiger partial charge >= 0.3 is 5.97 Å². The van der Waals surface area contributed by atoms with E-state index in [-0.39, 0.29) is 5.91 Å². The monoisotopic (exact) mass is 393 g/mol. The first kappa shape index (κ1) is 20.8. The summed E-state index contributed by atoms with van der Waals surface area (Å²) in [6, 6.07) is 14.2. The molecule has 1 amide bonds. The van der Waals surface area contributed by atoms with Gasteiger partial charge in [0.1, 0.15) is 18.2 Å². The highest BCUT2D eigenvalue weighted by atomic mass is 16.5. The number of carboxylic acids is 1. The van der Waals surface area contributed by atoms with Gasteiger partial charge in [-0.25, -0.2) is 4.79 Å². The van der Waals surface area contributed by atoms with Crippen LogP contribution < -0.4 is 0 Å². The average molecular weight is 393 g/mol. The fourth-order valence-electron chi connectivity index (χ4n) is 3.82. The highest BCUT2D eigenvalue weighted by Crippen LogP contribution is 2.43. The molecule has 5 heteroatoms. The molecule has 0 radical (unpaired) electrons. The van der Waals surface area contributed by atoms with Gasteiger partial charge < -0.3 is 14.7 Å². The zero-order valence-electron chi connectivity index (χ0n) is 17.0. The van der Waals surface area contributed by atoms with Gasteiger partial charge in [-0.2, -0.15) is 0 Å². The second kappa shape index (κ2) is 8.62. The highest BCUT2D eigenvalue weighted by Gasteiger charge is 2.46. The lowest BCUT2D eigenvalue weighted by atomic mass is 9.89. The van der Waals surface area contributed by atoms with E-state index in [0.29, 0.717) is 6.42 Å². The molecule has 1 saturated heterocycles. The smallest absolute Gasteiger partial charge is 0.326 e. The third kappa shape index (κ3) is 4.25. The van der Waals surface area contributed by atoms with Crippen LogP contribution in [-0.2, 0) is 14.3 Å². The zero-order chi connectivity index (χ0) is 21.1. The van der Waals surface area contributed by atoms with Crippen molar-refractivity contribution in [2.24, 2.45) is 0 Å². The number of hydrogen-bond donors (Lipinski definition) is 1. The van der Waals surface area contributed by atoms with Gasteiger partial charge in [-0.05, 0) is 31.9 Å². The molecule has 29 heavy (non-hydrogen) atoms. The van der Waals surface area contributed by atoms with Crippen molar-refractivity contribution >= 4 is 11.9 Å². The summed E-state index contributed by atoms with van der Waals surface area (Å²) >= 11 is 0. The Hall–Kier alpha value is -2.92. The molecular weight excluding hydrogens is 366 g/mol. The molecule has 0 spiro atoms. The fraction of sp³-hybridized carbons (Fsp3) is 0.333. The van der Waals surface area contributed by atoms with Crippen molar-refractivity contribution in [1.29, 1.82) is 0 Å². The van der Waals surface area contributed by atoms with Crippen LogP contribution >= 0.6 is 0 Å². The highest BCUT2D eigenvalue weighted by molar-refractivity contribution is 5.87. The van der Waals surface area contributed by atoms with Crippen molar-refractivity contribution in [3.05, 3.63) is 83.4 Å². The molecule has 0 unspecified atom stereocenters. The maximum atomic E-state index is 13.2. The fourth-order valence-corrected chi connectivity index (χ4v) is 3.82. The zero-order valence-corrected chi connectivity index (χ0v) is 17.0. The number of aryl methyl sites for hydroxylation is 2. The predicted octanol–water partition coefficient (Wildman–Crippen LogP) is 4.36. The van der Waals surface area contributed by atoms with E-state index in [1.165, 1.54) is 4.90 Å². The van der Waals surface area contributed by atoms with Crippen LogP contribution in [0.15, 0.2) is 61.2 Å². The molecule has 2 aromatic carbocycles. The van der Waals surface area contributed by atoms with Crippen molar-refractivity contribution in [3.8, 4) is 0 Å². The van der Waals surface area contributed by atoms with Gasteiger partial charge in [0.15, 0.2) is 0 Å². The first-order valence-electron chi connectivity index (χ1n) is 9.78. The largest absolute Gasteiger partial charge is 0.480 e. The third-order valence-corrected chi connectivity index (χ3v) is 5.37. The van der Waals surface area contributed by atoms with Crippen molar-refractivity contribution < 1.29 is 19.4 Å². The number of benzene rings is 2. The normalized spacial score (nSPS) is 22.9. The number of rotatable bonds is 6. The molecule has 1 fully saturated rings. The van der Waals surface area contributed by atoms with E-state index in [9.17, 15) is 14.7 Å². The van der Waals surface area contributed by atoms with Crippen LogP contribution in [0.5, 0.6) is 0 Å². The number of nitrogens with zero attached hydrogens (tertiary/aromatic N) is 1. The lowest BCUT2D eigenvalue weighted by Gasteiger charge is -2.46. The van der Waals surface area contributed by atoms with Crippen molar-refractivity contribution in [2.45, 2.75) is 51.5 Å². The third-order valence-electron chi connectivity index (χ3n) is 5.37. The van der Waals surface area contributed by atoms with Crippen LogP contribution in [0.25, 0.3) is 0 Å². The summed E-state index contributed by atoms with van der Waals surface area (Å²) in [5.41, 5.74) is 3.93. The minimum absolute atomic E-state index is 0.324. The number of aliphatic carboxylic acids is 1. The van der Waals surface area contributed by atoms with Crippen LogP contribution in [0, 0.1) is 13.8 Å². The van der Waals surface area contributed by atoms with Crippen LogP contribution in [0.3, 0.4) is 0 Å². The van der Waals surface area contributed by atoms with Crippen molar-refractivity contribution in [3.63, 3.8) is 0 Å². The molecule has 0 aromatic heterocycles.